The van der Waals surface area contributed by atoms with Gasteiger partial charge in [-0.25, -0.2) is 0 Å². The molecule has 0 bridgehead atoms. The maximum absolute atomic E-state index is 12.3. The minimum Gasteiger partial charge on any atom is -0.292 e. The van der Waals surface area contributed by atoms with Crippen molar-refractivity contribution in [2.45, 2.75) is 0 Å². The molecule has 0 aliphatic rings. The normalized spacial score (nSPS) is 7.45. The summed E-state index contributed by atoms with van der Waals surface area (Å²) < 4.78 is 23.9. The molecule has 0 atom stereocenters. The van der Waals surface area contributed by atoms with E-state index in [-0.39, 0.29) is 48.7 Å². The molecule has 58 valence electrons. The molecule has 4 heteroatoms. The van der Waals surface area contributed by atoms with E-state index < -0.39 is 5.82 Å². The van der Waals surface area contributed by atoms with Crippen LogP contribution in [-0.2, 0) is 19.5 Å². The molecule has 0 nitrogen and oxygen atoms in total. The van der Waals surface area contributed by atoms with Crippen molar-refractivity contribution in [2.24, 2.45) is 0 Å². The average Bonchev–Trinajstić information content (AvgIpc) is 1.89. The molecule has 0 spiro atoms. The Bertz CT molecular complexity index is 205. The zero-order chi connectivity index (χ0) is 6.69. The molecule has 0 radical (unpaired) electrons. The number of hydrogen-bond acceptors (Lipinski definition) is 0. The molecule has 0 fully saturated rings. The Hall–Kier alpha value is 0.0534. The molecule has 0 aliphatic carbocycles. The van der Waals surface area contributed by atoms with Gasteiger partial charge in [0.1, 0.15) is 0 Å². The summed E-state index contributed by atoms with van der Waals surface area (Å²) in [6.07, 6.45) is 0. The summed E-state index contributed by atoms with van der Waals surface area (Å²) in [5.74, 6) is -0.528. The SMILES string of the molecule is Br.F[CH-]c1ccccc1F.[Zn]. The Labute approximate surface area is 87.5 Å². The van der Waals surface area contributed by atoms with E-state index in [1.807, 2.05) is 0 Å². The van der Waals surface area contributed by atoms with Gasteiger partial charge in [0.15, 0.2) is 0 Å². The van der Waals surface area contributed by atoms with Crippen LogP contribution in [0.25, 0.3) is 0 Å². The number of halogens is 3. The summed E-state index contributed by atoms with van der Waals surface area (Å²) in [6.45, 7) is 0.245. The first-order valence-corrected chi connectivity index (χ1v) is 2.52. The van der Waals surface area contributed by atoms with Crippen LogP contribution in [0.4, 0.5) is 8.78 Å². The Morgan fingerprint density at radius 1 is 1.18 bits per heavy atom. The Kier molecular flexibility index (Phi) is 8.36. The standard InChI is InChI=1S/C7H5F2.BrH.Zn/c8-5-6-3-1-2-4-7(6)9;;/h1-5H;1H;/q-1;;. The molecular formula is C7H6BrF2Zn-. The molecule has 0 saturated heterocycles. The smallest absolute Gasteiger partial charge is 0.0184 e. The molecule has 0 amide bonds. The molecule has 0 N–H and O–H groups in total. The Balaban J connectivity index is 0. The molecule has 0 aliphatic heterocycles. The first-order valence-electron chi connectivity index (χ1n) is 2.52. The van der Waals surface area contributed by atoms with Crippen LogP contribution in [0.5, 0.6) is 0 Å². The second kappa shape index (κ2) is 6.74. The predicted molar refractivity (Wildman–Crippen MR) is 41.2 cm³/mol. The van der Waals surface area contributed by atoms with Crippen LogP contribution in [0.2, 0.25) is 0 Å². The van der Waals surface area contributed by atoms with Crippen molar-refractivity contribution in [1.29, 1.82) is 0 Å². The molecule has 0 heterocycles. The molecule has 0 unspecified atom stereocenters. The number of rotatable bonds is 1. The minimum atomic E-state index is -0.528. The first kappa shape index (κ1) is 13.6. The topological polar surface area (TPSA) is 0 Å². The summed E-state index contributed by atoms with van der Waals surface area (Å²) in [5, 5.41) is 0. The van der Waals surface area contributed by atoms with Crippen LogP contribution in [0, 0.1) is 12.5 Å². The van der Waals surface area contributed by atoms with Gasteiger partial charge in [-0.3, -0.25) is 8.78 Å². The molecule has 1 aromatic rings. The van der Waals surface area contributed by atoms with Gasteiger partial charge in [0.05, 0.1) is 0 Å². The predicted octanol–water partition coefficient (Wildman–Crippen LogP) is 2.88. The van der Waals surface area contributed by atoms with E-state index in [2.05, 4.69) is 0 Å². The van der Waals surface area contributed by atoms with Crippen molar-refractivity contribution in [3.63, 3.8) is 0 Å². The van der Waals surface area contributed by atoms with Crippen LogP contribution in [0.3, 0.4) is 0 Å². The number of hydrogen-bond donors (Lipinski definition) is 0. The van der Waals surface area contributed by atoms with E-state index in [4.69, 9.17) is 0 Å². The molecular weight excluding hydrogens is 267 g/mol. The summed E-state index contributed by atoms with van der Waals surface area (Å²) >= 11 is 0. The van der Waals surface area contributed by atoms with Gasteiger partial charge in [-0.15, -0.1) is 28.6 Å². The summed E-state index contributed by atoms with van der Waals surface area (Å²) in [7, 11) is 0. The van der Waals surface area contributed by atoms with Gasteiger partial charge in [-0.2, -0.15) is 6.07 Å². The van der Waals surface area contributed by atoms with Crippen molar-refractivity contribution in [3.05, 3.63) is 42.3 Å². The average molecular weight is 273 g/mol. The van der Waals surface area contributed by atoms with Crippen molar-refractivity contribution in [3.8, 4) is 0 Å². The molecule has 1 rings (SSSR count). The van der Waals surface area contributed by atoms with Gasteiger partial charge in [-0.05, 0) is 6.67 Å². The molecule has 0 saturated carbocycles. The Morgan fingerprint density at radius 2 is 1.73 bits per heavy atom. The fourth-order valence-corrected chi connectivity index (χ4v) is 0.564. The maximum atomic E-state index is 12.3. The molecule has 0 aromatic heterocycles. The van der Waals surface area contributed by atoms with Gasteiger partial charge in [0, 0.05) is 25.3 Å². The summed E-state index contributed by atoms with van der Waals surface area (Å²) in [5.41, 5.74) is -0.00231. The summed E-state index contributed by atoms with van der Waals surface area (Å²) in [4.78, 5) is 0. The van der Waals surface area contributed by atoms with Gasteiger partial charge in [-0.1, -0.05) is 12.1 Å². The van der Waals surface area contributed by atoms with Crippen molar-refractivity contribution in [2.75, 3.05) is 0 Å². The van der Waals surface area contributed by atoms with E-state index in [0.717, 1.165) is 0 Å². The summed E-state index contributed by atoms with van der Waals surface area (Å²) in [6, 6.07) is 5.68. The fourth-order valence-electron chi connectivity index (χ4n) is 0.564. The third-order valence-corrected chi connectivity index (χ3v) is 1.02. The second-order valence-electron chi connectivity index (χ2n) is 1.63. The third-order valence-electron chi connectivity index (χ3n) is 1.02. The van der Waals surface area contributed by atoms with Crippen molar-refractivity contribution in [1.82, 2.24) is 0 Å². The Morgan fingerprint density at radius 3 is 2.09 bits per heavy atom. The largest absolute Gasteiger partial charge is 0.292 e. The maximum Gasteiger partial charge on any atom is 0.0184 e. The van der Waals surface area contributed by atoms with Crippen LogP contribution >= 0.6 is 17.0 Å². The van der Waals surface area contributed by atoms with E-state index in [0.29, 0.717) is 0 Å². The molecule has 1 aromatic carbocycles. The van der Waals surface area contributed by atoms with E-state index >= 15 is 0 Å². The van der Waals surface area contributed by atoms with E-state index in [9.17, 15) is 8.78 Å². The van der Waals surface area contributed by atoms with Gasteiger partial charge in [0.25, 0.3) is 0 Å². The monoisotopic (exact) mass is 271 g/mol. The fraction of sp³-hybridized carbons (Fsp3) is 0. The zero-order valence-electron chi connectivity index (χ0n) is 5.76. The van der Waals surface area contributed by atoms with Crippen LogP contribution in [0.1, 0.15) is 5.56 Å². The van der Waals surface area contributed by atoms with Crippen LogP contribution in [0.15, 0.2) is 24.3 Å². The van der Waals surface area contributed by atoms with Gasteiger partial charge in [0.2, 0.25) is 0 Å². The quantitative estimate of drug-likeness (QED) is 0.545. The van der Waals surface area contributed by atoms with Crippen molar-refractivity contribution >= 4 is 17.0 Å². The minimum absolute atomic E-state index is 0. The van der Waals surface area contributed by atoms with E-state index in [1.54, 1.807) is 6.07 Å². The third kappa shape index (κ3) is 3.83. The first-order chi connectivity index (χ1) is 4.34. The van der Waals surface area contributed by atoms with Gasteiger partial charge >= 0.3 is 0 Å². The second-order valence-corrected chi connectivity index (χ2v) is 1.63. The van der Waals surface area contributed by atoms with E-state index in [1.165, 1.54) is 18.2 Å². The molecule has 11 heavy (non-hydrogen) atoms. The number of benzene rings is 1. The zero-order valence-corrected chi connectivity index (χ0v) is 10.4. The van der Waals surface area contributed by atoms with Crippen LogP contribution in [-0.4, -0.2) is 0 Å². The van der Waals surface area contributed by atoms with Gasteiger partial charge < -0.3 is 0 Å². The van der Waals surface area contributed by atoms with Crippen LogP contribution < -0.4 is 0 Å². The van der Waals surface area contributed by atoms with Crippen molar-refractivity contribution < 1.29 is 28.3 Å².